The van der Waals surface area contributed by atoms with Gasteiger partial charge < -0.3 is 10.5 Å². The van der Waals surface area contributed by atoms with Crippen LogP contribution < -0.4 is 5.73 Å². The van der Waals surface area contributed by atoms with E-state index in [-0.39, 0.29) is 0 Å². The second kappa shape index (κ2) is 3.75. The summed E-state index contributed by atoms with van der Waals surface area (Å²) in [6, 6.07) is 1.12. The Hall–Kier alpha value is -1.07. The van der Waals surface area contributed by atoms with Gasteiger partial charge in [-0.05, 0) is 13.3 Å². The van der Waals surface area contributed by atoms with Crippen molar-refractivity contribution < 1.29 is 4.74 Å². The lowest BCUT2D eigenvalue weighted by Crippen LogP contribution is -2.47. The number of nitrogen functional groups attached to an aromatic ring is 1. The van der Waals surface area contributed by atoms with Crippen molar-refractivity contribution in [2.24, 2.45) is 0 Å². The van der Waals surface area contributed by atoms with E-state index in [1.165, 1.54) is 6.42 Å². The van der Waals surface area contributed by atoms with Crippen molar-refractivity contribution in [2.45, 2.75) is 25.4 Å². The number of rotatable bonds is 2. The maximum absolute atomic E-state index is 5.82. The van der Waals surface area contributed by atoms with Crippen LogP contribution in [-0.2, 0) is 4.74 Å². The second-order valence-electron chi connectivity index (χ2n) is 4.76. The Morgan fingerprint density at radius 2 is 2.25 bits per heavy atom. The van der Waals surface area contributed by atoms with Crippen LogP contribution in [0.1, 0.15) is 18.2 Å². The van der Waals surface area contributed by atoms with E-state index >= 15 is 0 Å². The fraction of sp³-hybridized carbons (Fsp3) is 0.727. The lowest BCUT2D eigenvalue weighted by atomic mass is 10.2. The van der Waals surface area contributed by atoms with Crippen LogP contribution >= 0.6 is 0 Å². The molecule has 2 aliphatic heterocycles. The lowest BCUT2D eigenvalue weighted by molar-refractivity contribution is -0.0579. The van der Waals surface area contributed by atoms with Crippen LogP contribution in [0.5, 0.6) is 0 Å². The maximum Gasteiger partial charge on any atom is 0.0730 e. The highest BCUT2D eigenvalue weighted by Gasteiger charge is 2.33. The van der Waals surface area contributed by atoms with Gasteiger partial charge in [0.05, 0.1) is 42.9 Å². The number of nitrogens with zero attached hydrogens (tertiary/aromatic N) is 3. The molecule has 0 spiro atoms. The average Bonchev–Trinajstić information content (AvgIpc) is 2.74. The minimum atomic E-state index is 0.484. The highest BCUT2D eigenvalue weighted by Crippen LogP contribution is 2.27. The number of hydrogen-bond acceptors (Lipinski definition) is 4. The summed E-state index contributed by atoms with van der Waals surface area (Å²) in [5.41, 5.74) is 7.71. The quantitative estimate of drug-likeness (QED) is 0.788. The van der Waals surface area contributed by atoms with E-state index in [4.69, 9.17) is 10.5 Å². The molecule has 0 saturated carbocycles. The smallest absolute Gasteiger partial charge is 0.0730 e. The molecule has 1 unspecified atom stereocenters. The first-order valence-electron chi connectivity index (χ1n) is 5.87. The Kier molecular flexibility index (Phi) is 2.37. The van der Waals surface area contributed by atoms with E-state index < -0.39 is 0 Å². The number of aromatic nitrogens is 2. The molecule has 0 amide bonds. The van der Waals surface area contributed by atoms with Crippen molar-refractivity contribution in [1.29, 1.82) is 0 Å². The molecular formula is C11H18N4O. The van der Waals surface area contributed by atoms with Gasteiger partial charge in [-0.25, -0.2) is 0 Å². The van der Waals surface area contributed by atoms with Crippen LogP contribution in [0.3, 0.4) is 0 Å². The van der Waals surface area contributed by atoms with Crippen molar-refractivity contribution in [1.82, 2.24) is 14.7 Å². The molecule has 2 fully saturated rings. The monoisotopic (exact) mass is 222 g/mol. The van der Waals surface area contributed by atoms with Crippen LogP contribution in [0.2, 0.25) is 0 Å². The standard InChI is InChI=1S/C11H18N4O/c1-8-11(12)4-13-15(8)9-2-3-14(5-9)10-6-16-7-10/h4,9-10H,2-3,5-7,12H2,1H3. The van der Waals surface area contributed by atoms with Gasteiger partial charge in [0, 0.05) is 13.1 Å². The zero-order valence-corrected chi connectivity index (χ0v) is 9.59. The first-order valence-corrected chi connectivity index (χ1v) is 5.87. The van der Waals surface area contributed by atoms with Crippen molar-refractivity contribution in [2.75, 3.05) is 32.0 Å². The highest BCUT2D eigenvalue weighted by molar-refractivity contribution is 5.40. The summed E-state index contributed by atoms with van der Waals surface area (Å²) in [7, 11) is 0. The van der Waals surface area contributed by atoms with Crippen molar-refractivity contribution in [3.05, 3.63) is 11.9 Å². The Balaban J connectivity index is 1.70. The van der Waals surface area contributed by atoms with Crippen molar-refractivity contribution in [3.63, 3.8) is 0 Å². The molecule has 2 saturated heterocycles. The molecule has 2 aliphatic rings. The molecular weight excluding hydrogens is 204 g/mol. The number of nitrogens with two attached hydrogens (primary N) is 1. The first kappa shape index (κ1) is 10.1. The zero-order valence-electron chi connectivity index (χ0n) is 9.59. The Morgan fingerprint density at radius 3 is 2.81 bits per heavy atom. The van der Waals surface area contributed by atoms with E-state index in [1.807, 2.05) is 6.92 Å². The molecule has 1 aromatic rings. The van der Waals surface area contributed by atoms with Gasteiger partial charge in [0.15, 0.2) is 0 Å². The molecule has 16 heavy (non-hydrogen) atoms. The Labute approximate surface area is 95.2 Å². The second-order valence-corrected chi connectivity index (χ2v) is 4.76. The SMILES string of the molecule is Cc1c(N)cnn1C1CCN(C2COC2)C1. The summed E-state index contributed by atoms with van der Waals surface area (Å²) in [6.45, 7) is 6.06. The van der Waals surface area contributed by atoms with Gasteiger partial charge in [-0.15, -0.1) is 0 Å². The molecule has 5 heteroatoms. The van der Waals surface area contributed by atoms with Gasteiger partial charge in [-0.2, -0.15) is 5.10 Å². The predicted octanol–water partition coefficient (Wildman–Crippen LogP) is 0.419. The molecule has 1 aromatic heterocycles. The highest BCUT2D eigenvalue weighted by atomic mass is 16.5. The Bertz CT molecular complexity index is 385. The molecule has 88 valence electrons. The number of ether oxygens (including phenoxy) is 1. The topological polar surface area (TPSA) is 56.3 Å². The molecule has 2 N–H and O–H groups in total. The van der Waals surface area contributed by atoms with Gasteiger partial charge in [0.25, 0.3) is 0 Å². The summed E-state index contributed by atoms with van der Waals surface area (Å²) >= 11 is 0. The third kappa shape index (κ3) is 1.51. The summed E-state index contributed by atoms with van der Waals surface area (Å²) in [6.07, 6.45) is 2.92. The minimum absolute atomic E-state index is 0.484. The molecule has 0 aliphatic carbocycles. The fourth-order valence-corrected chi connectivity index (χ4v) is 2.54. The normalized spacial score (nSPS) is 27.2. The lowest BCUT2D eigenvalue weighted by Gasteiger charge is -2.34. The van der Waals surface area contributed by atoms with Crippen LogP contribution in [0.15, 0.2) is 6.20 Å². The van der Waals surface area contributed by atoms with Crippen LogP contribution in [-0.4, -0.2) is 47.0 Å². The van der Waals surface area contributed by atoms with Crippen molar-refractivity contribution >= 4 is 5.69 Å². The van der Waals surface area contributed by atoms with Gasteiger partial charge in [-0.3, -0.25) is 9.58 Å². The number of anilines is 1. The average molecular weight is 222 g/mol. The molecule has 5 nitrogen and oxygen atoms in total. The van der Waals surface area contributed by atoms with E-state index in [2.05, 4.69) is 14.7 Å². The number of likely N-dealkylation sites (tertiary alicyclic amines) is 1. The van der Waals surface area contributed by atoms with Gasteiger partial charge >= 0.3 is 0 Å². The minimum Gasteiger partial charge on any atom is -0.396 e. The summed E-state index contributed by atoms with van der Waals surface area (Å²) in [4.78, 5) is 2.51. The third-order valence-corrected chi connectivity index (χ3v) is 3.76. The predicted molar refractivity (Wildman–Crippen MR) is 61.2 cm³/mol. The zero-order chi connectivity index (χ0) is 11.1. The third-order valence-electron chi connectivity index (χ3n) is 3.76. The molecule has 0 bridgehead atoms. The van der Waals surface area contributed by atoms with E-state index in [9.17, 15) is 0 Å². The van der Waals surface area contributed by atoms with Crippen LogP contribution in [0.25, 0.3) is 0 Å². The maximum atomic E-state index is 5.82. The van der Waals surface area contributed by atoms with E-state index in [0.717, 1.165) is 37.7 Å². The van der Waals surface area contributed by atoms with E-state index in [0.29, 0.717) is 12.1 Å². The molecule has 0 radical (unpaired) electrons. The summed E-state index contributed by atoms with van der Waals surface area (Å²) in [5.74, 6) is 0. The van der Waals surface area contributed by atoms with Crippen LogP contribution in [0.4, 0.5) is 5.69 Å². The summed E-state index contributed by atoms with van der Waals surface area (Å²) < 4.78 is 7.31. The van der Waals surface area contributed by atoms with Gasteiger partial charge in [-0.1, -0.05) is 0 Å². The fourth-order valence-electron chi connectivity index (χ4n) is 2.54. The largest absolute Gasteiger partial charge is 0.396 e. The van der Waals surface area contributed by atoms with Gasteiger partial charge in [0.2, 0.25) is 0 Å². The molecule has 0 aromatic carbocycles. The van der Waals surface area contributed by atoms with Crippen LogP contribution in [0, 0.1) is 6.92 Å². The Morgan fingerprint density at radius 1 is 1.44 bits per heavy atom. The van der Waals surface area contributed by atoms with Gasteiger partial charge in [0.1, 0.15) is 0 Å². The molecule has 3 heterocycles. The molecule has 1 atom stereocenters. The molecule has 3 rings (SSSR count). The van der Waals surface area contributed by atoms with Crippen molar-refractivity contribution in [3.8, 4) is 0 Å². The number of hydrogen-bond donors (Lipinski definition) is 1. The summed E-state index contributed by atoms with van der Waals surface area (Å²) in [5, 5.41) is 4.37. The first-order chi connectivity index (χ1) is 7.75. The van der Waals surface area contributed by atoms with E-state index in [1.54, 1.807) is 6.20 Å².